The number of carbonyl (C=O) groups is 2. The number of amides is 1. The van der Waals surface area contributed by atoms with Crippen LogP contribution in [0.15, 0.2) is 52.7 Å². The molecule has 1 saturated heterocycles. The Balaban J connectivity index is 1.72. The molecule has 1 N–H and O–H groups in total. The Morgan fingerprint density at radius 1 is 1.19 bits per heavy atom. The molecule has 8 heteroatoms. The maximum absolute atomic E-state index is 12.4. The number of aryl methyl sites for hydroxylation is 1. The zero-order valence-corrected chi connectivity index (χ0v) is 18.7. The Bertz CT molecular complexity index is 1020. The second-order valence-corrected chi connectivity index (χ2v) is 8.45. The van der Waals surface area contributed by atoms with Crippen LogP contribution in [0.4, 0.5) is 0 Å². The normalized spacial score (nSPS) is 17.4. The van der Waals surface area contributed by atoms with Crippen molar-refractivity contribution in [2.24, 2.45) is 16.1 Å². The van der Waals surface area contributed by atoms with Gasteiger partial charge in [0.25, 0.3) is 0 Å². The van der Waals surface area contributed by atoms with Gasteiger partial charge in [0.2, 0.25) is 5.91 Å². The van der Waals surface area contributed by atoms with Gasteiger partial charge in [-0.05, 0) is 55.7 Å². The lowest BCUT2D eigenvalue weighted by Gasteiger charge is -2.11. The highest BCUT2D eigenvalue weighted by molar-refractivity contribution is 8.15. The number of thioether (sulfide) groups is 1. The Morgan fingerprint density at radius 3 is 2.58 bits per heavy atom. The number of esters is 1. The summed E-state index contributed by atoms with van der Waals surface area (Å²) in [5.41, 5.74) is 2.25. The van der Waals surface area contributed by atoms with E-state index in [-0.39, 0.29) is 17.1 Å². The van der Waals surface area contributed by atoms with Crippen LogP contribution < -0.4 is 14.8 Å². The van der Waals surface area contributed by atoms with Crippen LogP contribution in [0.25, 0.3) is 0 Å². The van der Waals surface area contributed by atoms with Gasteiger partial charge in [-0.25, -0.2) is 4.79 Å². The molecular weight excluding hydrogens is 414 g/mol. The van der Waals surface area contributed by atoms with E-state index >= 15 is 0 Å². The van der Waals surface area contributed by atoms with E-state index < -0.39 is 5.97 Å². The molecule has 0 bridgehead atoms. The first kappa shape index (κ1) is 22.6. The standard InChI is InChI=1S/C23H25N3O4S/c1-5-29-19-12-16(13-24-26-23-25-21(27)20(31-23)14(2)3)8-11-18(19)30-22(28)17-9-6-15(4)7-10-17/h6-14,20H,5H2,1-4H3,(H,25,26,27)/b24-13+. The largest absolute Gasteiger partial charge is 0.490 e. The highest BCUT2D eigenvalue weighted by atomic mass is 32.2. The summed E-state index contributed by atoms with van der Waals surface area (Å²) in [6, 6.07) is 12.3. The molecule has 0 aliphatic carbocycles. The number of hydrogen-bond acceptors (Lipinski definition) is 7. The van der Waals surface area contributed by atoms with E-state index in [9.17, 15) is 9.59 Å². The minimum absolute atomic E-state index is 0.0488. The third kappa shape index (κ3) is 5.95. The SMILES string of the molecule is CCOc1cc(/C=N/N=C2NC(=O)C(C(C)C)S2)ccc1OC(=O)c1ccc(C)cc1. The fourth-order valence-electron chi connectivity index (χ4n) is 2.82. The zero-order chi connectivity index (χ0) is 22.4. The van der Waals surface area contributed by atoms with Gasteiger partial charge in [0.05, 0.1) is 23.6 Å². The topological polar surface area (TPSA) is 89.3 Å². The highest BCUT2D eigenvalue weighted by Gasteiger charge is 2.32. The third-order valence-electron chi connectivity index (χ3n) is 4.45. The molecule has 0 spiro atoms. The van der Waals surface area contributed by atoms with Crippen LogP contribution in [0.5, 0.6) is 11.5 Å². The molecule has 0 aromatic heterocycles. The molecule has 1 fully saturated rings. The third-order valence-corrected chi connectivity index (χ3v) is 5.86. The number of hydrogen-bond donors (Lipinski definition) is 1. The quantitative estimate of drug-likeness (QED) is 0.302. The first-order chi connectivity index (χ1) is 14.9. The smallest absolute Gasteiger partial charge is 0.343 e. The van der Waals surface area contributed by atoms with Gasteiger partial charge in [-0.15, -0.1) is 5.10 Å². The summed E-state index contributed by atoms with van der Waals surface area (Å²) >= 11 is 1.37. The fraction of sp³-hybridized carbons (Fsp3) is 0.304. The van der Waals surface area contributed by atoms with Crippen molar-refractivity contribution < 1.29 is 19.1 Å². The van der Waals surface area contributed by atoms with Crippen molar-refractivity contribution in [3.05, 3.63) is 59.2 Å². The van der Waals surface area contributed by atoms with Gasteiger partial charge in [-0.1, -0.05) is 43.3 Å². The lowest BCUT2D eigenvalue weighted by Crippen LogP contribution is -2.27. The van der Waals surface area contributed by atoms with Crippen LogP contribution in [0, 0.1) is 12.8 Å². The second-order valence-electron chi connectivity index (χ2n) is 7.32. The molecule has 2 aromatic rings. The van der Waals surface area contributed by atoms with E-state index in [1.807, 2.05) is 39.8 Å². The van der Waals surface area contributed by atoms with E-state index in [1.54, 1.807) is 36.5 Å². The molecule has 1 heterocycles. The van der Waals surface area contributed by atoms with Crippen molar-refractivity contribution in [3.63, 3.8) is 0 Å². The second kappa shape index (κ2) is 10.3. The molecular formula is C23H25N3O4S. The summed E-state index contributed by atoms with van der Waals surface area (Å²) in [4.78, 5) is 24.3. The average molecular weight is 440 g/mol. The van der Waals surface area contributed by atoms with Crippen LogP contribution in [-0.4, -0.2) is 35.1 Å². The van der Waals surface area contributed by atoms with Crippen molar-refractivity contribution in [1.29, 1.82) is 0 Å². The summed E-state index contributed by atoms with van der Waals surface area (Å²) < 4.78 is 11.2. The molecule has 2 aromatic carbocycles. The van der Waals surface area contributed by atoms with Crippen molar-refractivity contribution in [3.8, 4) is 11.5 Å². The monoisotopic (exact) mass is 439 g/mol. The summed E-state index contributed by atoms with van der Waals surface area (Å²) in [6.07, 6.45) is 1.55. The minimum atomic E-state index is -0.456. The van der Waals surface area contributed by atoms with Crippen LogP contribution in [0.3, 0.4) is 0 Å². The molecule has 0 radical (unpaired) electrons. The molecule has 1 aliphatic rings. The number of ether oxygens (including phenoxy) is 2. The van der Waals surface area contributed by atoms with Gasteiger partial charge in [0, 0.05) is 0 Å². The Labute approximate surface area is 185 Å². The number of nitrogens with one attached hydrogen (secondary N) is 1. The van der Waals surface area contributed by atoms with Crippen LogP contribution in [0.1, 0.15) is 42.3 Å². The van der Waals surface area contributed by atoms with E-state index in [0.717, 1.165) is 11.1 Å². The lowest BCUT2D eigenvalue weighted by atomic mass is 10.1. The van der Waals surface area contributed by atoms with E-state index in [0.29, 0.717) is 28.8 Å². The van der Waals surface area contributed by atoms with E-state index in [4.69, 9.17) is 9.47 Å². The highest BCUT2D eigenvalue weighted by Crippen LogP contribution is 2.29. The van der Waals surface area contributed by atoms with E-state index in [2.05, 4.69) is 15.5 Å². The number of carbonyl (C=O) groups excluding carboxylic acids is 2. The summed E-state index contributed by atoms with van der Waals surface area (Å²) in [6.45, 7) is 8.20. The minimum Gasteiger partial charge on any atom is -0.490 e. The van der Waals surface area contributed by atoms with Crippen LogP contribution in [0.2, 0.25) is 0 Å². The first-order valence-corrected chi connectivity index (χ1v) is 10.9. The maximum atomic E-state index is 12.4. The predicted octanol–water partition coefficient (Wildman–Crippen LogP) is 4.19. The van der Waals surface area contributed by atoms with Crippen molar-refractivity contribution >= 4 is 35.0 Å². The van der Waals surface area contributed by atoms with Gasteiger partial charge in [-0.2, -0.15) is 5.10 Å². The van der Waals surface area contributed by atoms with Crippen LogP contribution in [-0.2, 0) is 4.79 Å². The first-order valence-electron chi connectivity index (χ1n) is 10.0. The van der Waals surface area contributed by atoms with Crippen molar-refractivity contribution in [1.82, 2.24) is 5.32 Å². The Morgan fingerprint density at radius 2 is 1.94 bits per heavy atom. The molecule has 162 valence electrons. The lowest BCUT2D eigenvalue weighted by molar-refractivity contribution is -0.119. The Kier molecular flexibility index (Phi) is 7.46. The van der Waals surface area contributed by atoms with Gasteiger partial charge < -0.3 is 14.8 Å². The van der Waals surface area contributed by atoms with Gasteiger partial charge in [0.15, 0.2) is 16.7 Å². The van der Waals surface area contributed by atoms with Gasteiger partial charge in [-0.3, -0.25) is 4.79 Å². The van der Waals surface area contributed by atoms with Crippen molar-refractivity contribution in [2.75, 3.05) is 6.61 Å². The van der Waals surface area contributed by atoms with Crippen molar-refractivity contribution in [2.45, 2.75) is 32.9 Å². The summed E-state index contributed by atoms with van der Waals surface area (Å²) in [7, 11) is 0. The number of amidine groups is 1. The predicted molar refractivity (Wildman–Crippen MR) is 123 cm³/mol. The average Bonchev–Trinajstić information content (AvgIpc) is 3.11. The molecule has 1 aliphatic heterocycles. The maximum Gasteiger partial charge on any atom is 0.343 e. The summed E-state index contributed by atoms with van der Waals surface area (Å²) in [5, 5.41) is 11.2. The Hall–Kier alpha value is -3.13. The fourth-order valence-corrected chi connectivity index (χ4v) is 3.75. The summed E-state index contributed by atoms with van der Waals surface area (Å²) in [5.74, 6) is 0.470. The number of benzene rings is 2. The van der Waals surface area contributed by atoms with Gasteiger partial charge in [0.1, 0.15) is 0 Å². The molecule has 3 rings (SSSR count). The molecule has 7 nitrogen and oxygen atoms in total. The number of nitrogens with zero attached hydrogens (tertiary/aromatic N) is 2. The molecule has 0 saturated carbocycles. The van der Waals surface area contributed by atoms with Gasteiger partial charge >= 0.3 is 5.97 Å². The molecule has 1 atom stereocenters. The van der Waals surface area contributed by atoms with E-state index in [1.165, 1.54) is 11.8 Å². The molecule has 1 amide bonds. The zero-order valence-electron chi connectivity index (χ0n) is 17.9. The molecule has 1 unspecified atom stereocenters. The van der Waals surface area contributed by atoms with Crippen LogP contribution >= 0.6 is 11.8 Å². The number of rotatable bonds is 7. The molecule has 31 heavy (non-hydrogen) atoms.